The number of ketones is 1. The predicted molar refractivity (Wildman–Crippen MR) is 116 cm³/mol. The Labute approximate surface area is 175 Å². The molecule has 0 unspecified atom stereocenters. The first-order valence-electron chi connectivity index (χ1n) is 9.81. The van der Waals surface area contributed by atoms with Crippen molar-refractivity contribution >= 4 is 23.3 Å². The number of carbonyl (C=O) groups is 3. The van der Waals surface area contributed by atoms with Crippen LogP contribution in [-0.2, 0) is 14.3 Å². The molecule has 5 nitrogen and oxygen atoms in total. The zero-order valence-corrected chi connectivity index (χ0v) is 16.5. The van der Waals surface area contributed by atoms with Gasteiger partial charge in [-0.3, -0.25) is 14.4 Å². The number of carbonyl (C=O) groups excluding carboxylic acids is 3. The van der Waals surface area contributed by atoms with Crippen molar-refractivity contribution in [3.8, 4) is 11.1 Å². The summed E-state index contributed by atoms with van der Waals surface area (Å²) in [5.41, 5.74) is 3.29. The van der Waals surface area contributed by atoms with Gasteiger partial charge >= 0.3 is 5.97 Å². The second kappa shape index (κ2) is 10.7. The van der Waals surface area contributed by atoms with Crippen LogP contribution in [0.4, 0.5) is 5.69 Å². The van der Waals surface area contributed by atoms with Crippen molar-refractivity contribution in [1.82, 2.24) is 0 Å². The highest BCUT2D eigenvalue weighted by molar-refractivity contribution is 5.98. The topological polar surface area (TPSA) is 72.5 Å². The predicted octanol–water partition coefficient (Wildman–Crippen LogP) is 4.89. The Morgan fingerprint density at radius 2 is 1.30 bits per heavy atom. The highest BCUT2D eigenvalue weighted by Crippen LogP contribution is 2.19. The van der Waals surface area contributed by atoms with Crippen molar-refractivity contribution in [3.63, 3.8) is 0 Å². The number of benzene rings is 3. The number of nitrogens with one attached hydrogen (secondary N) is 1. The van der Waals surface area contributed by atoms with E-state index in [1.165, 1.54) is 0 Å². The van der Waals surface area contributed by atoms with E-state index in [2.05, 4.69) is 5.32 Å². The second-order valence-electron chi connectivity index (χ2n) is 6.79. The summed E-state index contributed by atoms with van der Waals surface area (Å²) in [7, 11) is 0. The molecule has 0 aliphatic rings. The number of ether oxygens (including phenoxy) is 1. The SMILES string of the molecule is O=C(CCCC(=O)OCC(=O)c1ccc(-c2ccccc2)cc1)Nc1ccccc1. The molecule has 3 aromatic carbocycles. The monoisotopic (exact) mass is 401 g/mol. The summed E-state index contributed by atoms with van der Waals surface area (Å²) in [4.78, 5) is 36.0. The lowest BCUT2D eigenvalue weighted by molar-refractivity contribution is -0.142. The summed E-state index contributed by atoms with van der Waals surface area (Å²) in [6.07, 6.45) is 0.652. The Hall–Kier alpha value is -3.73. The van der Waals surface area contributed by atoms with Gasteiger partial charge in [0.25, 0.3) is 0 Å². The van der Waals surface area contributed by atoms with E-state index in [4.69, 9.17) is 4.74 Å². The molecule has 0 heterocycles. The number of hydrogen-bond donors (Lipinski definition) is 1. The van der Waals surface area contributed by atoms with E-state index in [-0.39, 0.29) is 31.1 Å². The first-order valence-corrected chi connectivity index (χ1v) is 9.81. The van der Waals surface area contributed by atoms with Crippen LogP contribution in [0.15, 0.2) is 84.9 Å². The van der Waals surface area contributed by atoms with Gasteiger partial charge in [-0.15, -0.1) is 0 Å². The molecule has 3 rings (SSSR count). The zero-order chi connectivity index (χ0) is 21.2. The number of rotatable bonds is 9. The molecular formula is C25H23NO4. The maximum absolute atomic E-state index is 12.2. The molecule has 0 radical (unpaired) electrons. The Morgan fingerprint density at radius 3 is 1.97 bits per heavy atom. The standard InChI is InChI=1S/C25H23NO4/c27-23(21-16-14-20(15-17-21)19-8-3-1-4-9-19)18-30-25(29)13-7-12-24(28)26-22-10-5-2-6-11-22/h1-6,8-11,14-17H,7,12-13,18H2,(H,26,28). The van der Waals surface area contributed by atoms with Crippen LogP contribution in [0.25, 0.3) is 11.1 Å². The molecule has 0 aromatic heterocycles. The molecule has 0 aliphatic carbocycles. The van der Waals surface area contributed by atoms with Crippen molar-refractivity contribution in [1.29, 1.82) is 0 Å². The van der Waals surface area contributed by atoms with Gasteiger partial charge in [-0.05, 0) is 29.7 Å². The van der Waals surface area contributed by atoms with Crippen LogP contribution in [0.2, 0.25) is 0 Å². The van der Waals surface area contributed by atoms with Crippen molar-refractivity contribution in [2.75, 3.05) is 11.9 Å². The average molecular weight is 401 g/mol. The van der Waals surface area contributed by atoms with Gasteiger partial charge in [-0.1, -0.05) is 72.8 Å². The summed E-state index contributed by atoms with van der Waals surface area (Å²) in [5.74, 6) is -0.912. The molecule has 0 saturated carbocycles. The smallest absolute Gasteiger partial charge is 0.306 e. The number of anilines is 1. The van der Waals surface area contributed by atoms with Gasteiger partial charge < -0.3 is 10.1 Å². The molecule has 152 valence electrons. The molecule has 0 spiro atoms. The van der Waals surface area contributed by atoms with E-state index in [9.17, 15) is 14.4 Å². The minimum Gasteiger partial charge on any atom is -0.457 e. The van der Waals surface area contributed by atoms with E-state index in [0.29, 0.717) is 17.7 Å². The van der Waals surface area contributed by atoms with E-state index >= 15 is 0 Å². The molecule has 1 amide bonds. The van der Waals surface area contributed by atoms with Crippen LogP contribution in [-0.4, -0.2) is 24.3 Å². The Kier molecular flexibility index (Phi) is 7.50. The molecular weight excluding hydrogens is 378 g/mol. The first-order chi connectivity index (χ1) is 14.6. The zero-order valence-electron chi connectivity index (χ0n) is 16.5. The fourth-order valence-corrected chi connectivity index (χ4v) is 2.92. The summed E-state index contributed by atoms with van der Waals surface area (Å²) < 4.78 is 5.05. The first kappa shape index (κ1) is 21.0. The Balaban J connectivity index is 1.38. The highest BCUT2D eigenvalue weighted by Gasteiger charge is 2.11. The normalized spacial score (nSPS) is 10.3. The van der Waals surface area contributed by atoms with Gasteiger partial charge in [0.1, 0.15) is 0 Å². The van der Waals surface area contributed by atoms with Gasteiger partial charge in [0.15, 0.2) is 12.4 Å². The minimum absolute atomic E-state index is 0.0857. The van der Waals surface area contributed by atoms with Crippen LogP contribution in [0.1, 0.15) is 29.6 Å². The van der Waals surface area contributed by atoms with E-state index in [0.717, 1.165) is 11.1 Å². The lowest BCUT2D eigenvalue weighted by Gasteiger charge is -2.07. The Morgan fingerprint density at radius 1 is 0.700 bits per heavy atom. The summed E-state index contributed by atoms with van der Waals surface area (Å²) in [5, 5.41) is 2.76. The van der Waals surface area contributed by atoms with Crippen molar-refractivity contribution in [3.05, 3.63) is 90.5 Å². The minimum atomic E-state index is -0.489. The van der Waals surface area contributed by atoms with Crippen molar-refractivity contribution < 1.29 is 19.1 Å². The number of hydrogen-bond acceptors (Lipinski definition) is 4. The van der Waals surface area contributed by atoms with Crippen LogP contribution >= 0.6 is 0 Å². The third-order valence-electron chi connectivity index (χ3n) is 4.52. The quantitative estimate of drug-likeness (QED) is 0.409. The third-order valence-corrected chi connectivity index (χ3v) is 4.52. The molecule has 3 aromatic rings. The van der Waals surface area contributed by atoms with Crippen molar-refractivity contribution in [2.45, 2.75) is 19.3 Å². The van der Waals surface area contributed by atoms with Crippen molar-refractivity contribution in [2.24, 2.45) is 0 Å². The van der Waals surface area contributed by atoms with Crippen LogP contribution < -0.4 is 5.32 Å². The van der Waals surface area contributed by atoms with Gasteiger partial charge in [0.2, 0.25) is 5.91 Å². The lowest BCUT2D eigenvalue weighted by Crippen LogP contribution is -2.15. The fraction of sp³-hybridized carbons (Fsp3) is 0.160. The molecule has 0 fully saturated rings. The molecule has 30 heavy (non-hydrogen) atoms. The molecule has 0 saturated heterocycles. The summed E-state index contributed by atoms with van der Waals surface area (Å²) >= 11 is 0. The lowest BCUT2D eigenvalue weighted by atomic mass is 10.0. The van der Waals surface area contributed by atoms with Gasteiger partial charge in [0.05, 0.1) is 0 Å². The van der Waals surface area contributed by atoms with Gasteiger partial charge in [-0.25, -0.2) is 0 Å². The maximum Gasteiger partial charge on any atom is 0.306 e. The van der Waals surface area contributed by atoms with Crippen LogP contribution in [0.3, 0.4) is 0 Å². The second-order valence-corrected chi connectivity index (χ2v) is 6.79. The summed E-state index contributed by atoms with van der Waals surface area (Å²) in [6, 6.07) is 26.2. The molecule has 5 heteroatoms. The highest BCUT2D eigenvalue weighted by atomic mass is 16.5. The largest absolute Gasteiger partial charge is 0.457 e. The number of amides is 1. The van der Waals surface area contributed by atoms with E-state index in [1.807, 2.05) is 60.7 Å². The van der Waals surface area contributed by atoms with Gasteiger partial charge in [0, 0.05) is 24.1 Å². The average Bonchev–Trinajstić information content (AvgIpc) is 2.79. The summed E-state index contributed by atoms with van der Waals surface area (Å²) in [6.45, 7) is -0.306. The number of para-hydroxylation sites is 1. The van der Waals surface area contributed by atoms with E-state index < -0.39 is 5.97 Å². The third kappa shape index (κ3) is 6.41. The molecule has 1 N–H and O–H groups in total. The maximum atomic E-state index is 12.2. The number of Topliss-reactive ketones (excluding diaryl/α,β-unsaturated/α-hetero) is 1. The fourth-order valence-electron chi connectivity index (χ4n) is 2.92. The number of esters is 1. The van der Waals surface area contributed by atoms with Crippen LogP contribution in [0.5, 0.6) is 0 Å². The van der Waals surface area contributed by atoms with Gasteiger partial charge in [-0.2, -0.15) is 0 Å². The molecule has 0 bridgehead atoms. The molecule has 0 atom stereocenters. The van der Waals surface area contributed by atoms with Crippen LogP contribution in [0, 0.1) is 0 Å². The van der Waals surface area contributed by atoms with E-state index in [1.54, 1.807) is 24.3 Å². The molecule has 0 aliphatic heterocycles. The Bertz CT molecular complexity index is 983.